The van der Waals surface area contributed by atoms with E-state index in [1.807, 2.05) is 19.9 Å². The van der Waals surface area contributed by atoms with Crippen molar-refractivity contribution in [3.63, 3.8) is 0 Å². The molecule has 0 aliphatic heterocycles. The van der Waals surface area contributed by atoms with Gasteiger partial charge in [0.25, 0.3) is 5.91 Å². The second-order valence-corrected chi connectivity index (χ2v) is 6.90. The molecule has 0 unspecified atom stereocenters. The Morgan fingerprint density at radius 2 is 1.74 bits per heavy atom. The Morgan fingerprint density at radius 3 is 2.41 bits per heavy atom. The van der Waals surface area contributed by atoms with Crippen LogP contribution in [0.1, 0.15) is 21.9 Å². The molecule has 0 bridgehead atoms. The van der Waals surface area contributed by atoms with Gasteiger partial charge in [-0.2, -0.15) is 0 Å². The first-order valence-electron chi connectivity index (χ1n) is 7.81. The topological polar surface area (TPSA) is 80.0 Å². The van der Waals surface area contributed by atoms with Crippen LogP contribution in [-0.2, 0) is 0 Å². The van der Waals surface area contributed by atoms with Crippen molar-refractivity contribution < 1.29 is 9.21 Å². The summed E-state index contributed by atoms with van der Waals surface area (Å²) in [5.74, 6) is 0.397. The van der Waals surface area contributed by atoms with Gasteiger partial charge in [0.15, 0.2) is 10.9 Å². The first-order chi connectivity index (χ1) is 12.8. The standard InChI is InChI=1S/C18H14Cl2N4O2S/c1-9-7-10(2)22-17(21-9)24-18(27)23-16(25)15-6-5-14(26-15)11-3-4-12(19)13(20)8-11/h3-8H,1-2H3,(H2,21,22,23,24,25,27). The summed E-state index contributed by atoms with van der Waals surface area (Å²) in [5, 5.41) is 6.21. The van der Waals surface area contributed by atoms with E-state index >= 15 is 0 Å². The fourth-order valence-corrected chi connectivity index (χ4v) is 2.83. The Balaban J connectivity index is 1.68. The molecule has 0 aliphatic carbocycles. The Bertz CT molecular complexity index is 1020. The summed E-state index contributed by atoms with van der Waals surface area (Å²) in [4.78, 5) is 20.7. The van der Waals surface area contributed by atoms with E-state index in [0.717, 1.165) is 11.4 Å². The summed E-state index contributed by atoms with van der Waals surface area (Å²) < 4.78 is 5.58. The number of nitrogens with zero attached hydrogens (tertiary/aromatic N) is 2. The number of amides is 1. The number of carbonyl (C=O) groups excluding carboxylic acids is 1. The van der Waals surface area contributed by atoms with Gasteiger partial charge in [-0.3, -0.25) is 10.1 Å². The van der Waals surface area contributed by atoms with Crippen molar-refractivity contribution in [2.45, 2.75) is 13.8 Å². The second-order valence-electron chi connectivity index (χ2n) is 5.68. The van der Waals surface area contributed by atoms with Gasteiger partial charge >= 0.3 is 0 Å². The number of carbonyl (C=O) groups is 1. The van der Waals surface area contributed by atoms with E-state index in [2.05, 4.69) is 20.6 Å². The lowest BCUT2D eigenvalue weighted by Crippen LogP contribution is -2.34. The molecule has 0 saturated carbocycles. The fraction of sp³-hybridized carbons (Fsp3) is 0.111. The fourth-order valence-electron chi connectivity index (χ4n) is 2.34. The number of thiocarbonyl (C=S) groups is 1. The molecule has 3 aromatic rings. The SMILES string of the molecule is Cc1cc(C)nc(NC(=S)NC(=O)c2ccc(-c3ccc(Cl)c(Cl)c3)o2)n1. The Labute approximate surface area is 170 Å². The summed E-state index contributed by atoms with van der Waals surface area (Å²) in [6.07, 6.45) is 0. The van der Waals surface area contributed by atoms with Crippen molar-refractivity contribution >= 4 is 52.4 Å². The van der Waals surface area contributed by atoms with E-state index in [1.54, 1.807) is 30.3 Å². The van der Waals surface area contributed by atoms with Crippen LogP contribution in [0.25, 0.3) is 11.3 Å². The molecule has 6 nitrogen and oxygen atoms in total. The molecule has 1 amide bonds. The molecule has 2 heterocycles. The number of furan rings is 1. The van der Waals surface area contributed by atoms with Gasteiger partial charge in [-0.25, -0.2) is 9.97 Å². The van der Waals surface area contributed by atoms with Gasteiger partial charge in [0.05, 0.1) is 10.0 Å². The highest BCUT2D eigenvalue weighted by molar-refractivity contribution is 7.80. The van der Waals surface area contributed by atoms with Crippen molar-refractivity contribution in [3.8, 4) is 11.3 Å². The molecule has 2 aromatic heterocycles. The zero-order valence-corrected chi connectivity index (χ0v) is 16.7. The Morgan fingerprint density at radius 1 is 1.04 bits per heavy atom. The average molecular weight is 421 g/mol. The molecular formula is C18H14Cl2N4O2S. The number of hydrogen-bond donors (Lipinski definition) is 2. The third-order valence-corrected chi connectivity index (χ3v) is 4.41. The molecule has 1 aromatic carbocycles. The lowest BCUT2D eigenvalue weighted by molar-refractivity contribution is 0.0951. The van der Waals surface area contributed by atoms with Crippen LogP contribution < -0.4 is 10.6 Å². The number of halogens is 2. The third-order valence-electron chi connectivity index (χ3n) is 3.47. The van der Waals surface area contributed by atoms with Gasteiger partial charge in [0.1, 0.15) is 5.76 Å². The molecule has 3 rings (SSSR count). The number of aromatic nitrogens is 2. The highest BCUT2D eigenvalue weighted by Crippen LogP contribution is 2.29. The summed E-state index contributed by atoms with van der Waals surface area (Å²) in [6, 6.07) is 10.1. The molecule has 0 spiro atoms. The maximum absolute atomic E-state index is 12.3. The summed E-state index contributed by atoms with van der Waals surface area (Å²) in [7, 11) is 0. The number of anilines is 1. The predicted octanol–water partition coefficient (Wildman–Crippen LogP) is 4.79. The van der Waals surface area contributed by atoms with Crippen LogP contribution in [0.4, 0.5) is 5.95 Å². The number of hydrogen-bond acceptors (Lipinski definition) is 5. The van der Waals surface area contributed by atoms with Crippen LogP contribution in [0.2, 0.25) is 10.0 Å². The lowest BCUT2D eigenvalue weighted by atomic mass is 10.2. The number of rotatable bonds is 3. The van der Waals surface area contributed by atoms with Crippen molar-refractivity contribution in [3.05, 3.63) is 63.6 Å². The quantitative estimate of drug-likeness (QED) is 0.593. The minimum Gasteiger partial charge on any atom is -0.451 e. The second kappa shape index (κ2) is 8.04. The van der Waals surface area contributed by atoms with Crippen LogP contribution in [-0.4, -0.2) is 21.0 Å². The van der Waals surface area contributed by atoms with Gasteiger partial charge < -0.3 is 9.73 Å². The highest BCUT2D eigenvalue weighted by Gasteiger charge is 2.15. The molecule has 2 N–H and O–H groups in total. The monoisotopic (exact) mass is 420 g/mol. The molecule has 0 aliphatic rings. The molecular weight excluding hydrogens is 407 g/mol. The van der Waals surface area contributed by atoms with Gasteiger partial charge in [-0.05, 0) is 62.5 Å². The van der Waals surface area contributed by atoms with Crippen LogP contribution in [0.3, 0.4) is 0 Å². The smallest absolute Gasteiger partial charge is 0.293 e. The van der Waals surface area contributed by atoms with Gasteiger partial charge in [-0.15, -0.1) is 0 Å². The first kappa shape index (κ1) is 19.3. The predicted molar refractivity (Wildman–Crippen MR) is 109 cm³/mol. The zero-order valence-electron chi connectivity index (χ0n) is 14.3. The van der Waals surface area contributed by atoms with Crippen molar-refractivity contribution in [1.29, 1.82) is 0 Å². The maximum atomic E-state index is 12.3. The minimum atomic E-state index is -0.497. The summed E-state index contributed by atoms with van der Waals surface area (Å²) in [6.45, 7) is 3.68. The molecule has 0 fully saturated rings. The molecule has 0 radical (unpaired) electrons. The van der Waals surface area contributed by atoms with Crippen LogP contribution in [0, 0.1) is 13.8 Å². The number of nitrogens with one attached hydrogen (secondary N) is 2. The minimum absolute atomic E-state index is 0.0671. The molecule has 0 atom stereocenters. The van der Waals surface area contributed by atoms with Crippen LogP contribution in [0.5, 0.6) is 0 Å². The van der Waals surface area contributed by atoms with Crippen molar-refractivity contribution in [2.75, 3.05) is 5.32 Å². The Kier molecular flexibility index (Phi) is 5.74. The number of aryl methyl sites for hydroxylation is 2. The van der Waals surface area contributed by atoms with E-state index in [-0.39, 0.29) is 10.9 Å². The molecule has 138 valence electrons. The average Bonchev–Trinajstić information content (AvgIpc) is 3.06. The molecule has 27 heavy (non-hydrogen) atoms. The highest BCUT2D eigenvalue weighted by atomic mass is 35.5. The van der Waals surface area contributed by atoms with Crippen molar-refractivity contribution in [2.24, 2.45) is 0 Å². The van der Waals surface area contributed by atoms with E-state index in [1.165, 1.54) is 0 Å². The van der Waals surface area contributed by atoms with Crippen molar-refractivity contribution in [1.82, 2.24) is 15.3 Å². The van der Waals surface area contributed by atoms with E-state index in [0.29, 0.717) is 27.3 Å². The van der Waals surface area contributed by atoms with E-state index in [9.17, 15) is 4.79 Å². The molecule has 0 saturated heterocycles. The van der Waals surface area contributed by atoms with Gasteiger partial charge in [0.2, 0.25) is 5.95 Å². The lowest BCUT2D eigenvalue weighted by Gasteiger charge is -2.08. The molecule has 9 heteroatoms. The van der Waals surface area contributed by atoms with Crippen LogP contribution in [0.15, 0.2) is 40.8 Å². The normalized spacial score (nSPS) is 10.5. The third kappa shape index (κ3) is 4.82. The summed E-state index contributed by atoms with van der Waals surface area (Å²) >= 11 is 17.1. The number of benzene rings is 1. The Hall–Kier alpha value is -2.48. The maximum Gasteiger partial charge on any atom is 0.293 e. The van der Waals surface area contributed by atoms with E-state index in [4.69, 9.17) is 39.8 Å². The van der Waals surface area contributed by atoms with E-state index < -0.39 is 5.91 Å². The largest absolute Gasteiger partial charge is 0.451 e. The van der Waals surface area contributed by atoms with Crippen LogP contribution >= 0.6 is 35.4 Å². The first-order valence-corrected chi connectivity index (χ1v) is 8.98. The van der Waals surface area contributed by atoms with Gasteiger partial charge in [0, 0.05) is 17.0 Å². The summed E-state index contributed by atoms with van der Waals surface area (Å²) in [5.41, 5.74) is 2.28. The zero-order chi connectivity index (χ0) is 19.6. The van der Waals surface area contributed by atoms with Gasteiger partial charge in [-0.1, -0.05) is 23.2 Å².